The quantitative estimate of drug-likeness (QED) is 0.182. The molecule has 6 rings (SSSR count). The molecule has 43 heavy (non-hydrogen) atoms. The molecule has 6 heteroatoms. The fourth-order valence-corrected chi connectivity index (χ4v) is 5.14. The van der Waals surface area contributed by atoms with Crippen LogP contribution in [-0.4, -0.2) is 19.2 Å². The Kier molecular flexibility index (Phi) is 7.83. The van der Waals surface area contributed by atoms with Crippen molar-refractivity contribution in [3.05, 3.63) is 145 Å². The maximum atomic E-state index is 14.4. The fourth-order valence-electron chi connectivity index (χ4n) is 5.14. The number of halogens is 2. The van der Waals surface area contributed by atoms with Gasteiger partial charge in [-0.3, -0.25) is 0 Å². The Morgan fingerprint density at radius 1 is 0.488 bits per heavy atom. The molecule has 0 saturated heterocycles. The Morgan fingerprint density at radius 3 is 1.37 bits per heavy atom. The van der Waals surface area contributed by atoms with E-state index in [0.717, 1.165) is 28.2 Å². The summed E-state index contributed by atoms with van der Waals surface area (Å²) in [5.74, 6) is 0.109. The molecule has 0 fully saturated rings. The number of pyridine rings is 1. The highest BCUT2D eigenvalue weighted by Gasteiger charge is 2.17. The highest BCUT2D eigenvalue weighted by atomic mass is 19.1. The van der Waals surface area contributed by atoms with E-state index in [9.17, 15) is 8.78 Å². The zero-order chi connectivity index (χ0) is 29.8. The third-order valence-electron chi connectivity index (χ3n) is 7.19. The Hall–Kier alpha value is -5.49. The summed E-state index contributed by atoms with van der Waals surface area (Å²) >= 11 is 0. The van der Waals surface area contributed by atoms with E-state index in [0.29, 0.717) is 34.0 Å². The van der Waals surface area contributed by atoms with Crippen LogP contribution in [0, 0.1) is 11.6 Å². The molecular formula is C37H28F2N2O2. The second-order valence-corrected chi connectivity index (χ2v) is 9.87. The van der Waals surface area contributed by atoms with Crippen molar-refractivity contribution in [2.45, 2.75) is 0 Å². The van der Waals surface area contributed by atoms with E-state index in [-0.39, 0.29) is 0 Å². The third-order valence-corrected chi connectivity index (χ3v) is 7.19. The highest BCUT2D eigenvalue weighted by Crippen LogP contribution is 2.39. The maximum Gasteiger partial charge on any atom is 0.128 e. The van der Waals surface area contributed by atoms with Gasteiger partial charge in [-0.05, 0) is 96.1 Å². The lowest BCUT2D eigenvalue weighted by Gasteiger charge is -2.25. The Bertz CT molecular complexity index is 1750. The summed E-state index contributed by atoms with van der Waals surface area (Å²) in [4.78, 5) is 7.01. The highest BCUT2D eigenvalue weighted by molar-refractivity contribution is 5.82. The fraction of sp³-hybridized carbons (Fsp3) is 0.0541. The number of benzene rings is 5. The molecule has 0 unspecified atom stereocenters. The van der Waals surface area contributed by atoms with E-state index in [1.807, 2.05) is 60.7 Å². The summed E-state index contributed by atoms with van der Waals surface area (Å²) in [6.07, 6.45) is 0. The van der Waals surface area contributed by atoms with Crippen molar-refractivity contribution in [2.24, 2.45) is 0 Å². The van der Waals surface area contributed by atoms with Crippen LogP contribution in [-0.2, 0) is 0 Å². The smallest absolute Gasteiger partial charge is 0.128 e. The SMILES string of the molecule is COc1ccc(F)cc1-c1cc(-c2ccc(N(c3ccccc3)c3ccccc3)cc2)cc(-c2cc(F)ccc2OC)n1. The number of aromatic nitrogens is 1. The van der Waals surface area contributed by atoms with Crippen LogP contribution >= 0.6 is 0 Å². The second-order valence-electron chi connectivity index (χ2n) is 9.87. The van der Waals surface area contributed by atoms with E-state index >= 15 is 0 Å². The number of hydrogen-bond donors (Lipinski definition) is 0. The Morgan fingerprint density at radius 2 is 0.930 bits per heavy atom. The van der Waals surface area contributed by atoms with Gasteiger partial charge < -0.3 is 14.4 Å². The van der Waals surface area contributed by atoms with Crippen molar-refractivity contribution in [3.63, 3.8) is 0 Å². The molecule has 0 bridgehead atoms. The molecule has 5 aromatic carbocycles. The first kappa shape index (κ1) is 27.7. The lowest BCUT2D eigenvalue weighted by Crippen LogP contribution is -2.09. The number of hydrogen-bond acceptors (Lipinski definition) is 4. The molecule has 0 spiro atoms. The largest absolute Gasteiger partial charge is 0.496 e. The zero-order valence-electron chi connectivity index (χ0n) is 23.7. The predicted octanol–water partition coefficient (Wildman–Crippen LogP) is 9.85. The number of para-hydroxylation sites is 2. The minimum atomic E-state index is -0.417. The van der Waals surface area contributed by atoms with Gasteiger partial charge in [0, 0.05) is 28.2 Å². The average molecular weight is 571 g/mol. The molecule has 6 aromatic rings. The number of methoxy groups -OCH3 is 2. The number of ether oxygens (including phenoxy) is 2. The van der Waals surface area contributed by atoms with Gasteiger partial charge in [0.05, 0.1) is 25.6 Å². The molecule has 1 aromatic heterocycles. The summed E-state index contributed by atoms with van der Waals surface area (Å²) < 4.78 is 39.9. The standard InChI is InChI=1S/C37H28F2N2O2/c1-42-36-19-15-27(38)23-32(36)34-21-26(22-35(40-34)33-24-28(39)16-20-37(33)43-2)25-13-17-31(18-14-25)41(29-9-5-3-6-10-29)30-11-7-4-8-12-30/h3-24H,1-2H3. The Balaban J connectivity index is 1.50. The van der Waals surface area contributed by atoms with Gasteiger partial charge in [-0.1, -0.05) is 48.5 Å². The van der Waals surface area contributed by atoms with Crippen LogP contribution in [0.3, 0.4) is 0 Å². The van der Waals surface area contributed by atoms with Crippen LogP contribution in [0.5, 0.6) is 11.5 Å². The van der Waals surface area contributed by atoms with Gasteiger partial charge in [-0.15, -0.1) is 0 Å². The van der Waals surface area contributed by atoms with Gasteiger partial charge in [-0.2, -0.15) is 0 Å². The van der Waals surface area contributed by atoms with E-state index in [2.05, 4.69) is 41.3 Å². The number of rotatable bonds is 8. The minimum Gasteiger partial charge on any atom is -0.496 e. The van der Waals surface area contributed by atoms with Crippen molar-refractivity contribution < 1.29 is 18.3 Å². The maximum absolute atomic E-state index is 14.4. The van der Waals surface area contributed by atoms with Gasteiger partial charge in [0.25, 0.3) is 0 Å². The summed E-state index contributed by atoms with van der Waals surface area (Å²) in [5, 5.41) is 0. The summed E-state index contributed by atoms with van der Waals surface area (Å²) in [6, 6.07) is 40.9. The van der Waals surface area contributed by atoms with Crippen LogP contribution in [0.25, 0.3) is 33.6 Å². The van der Waals surface area contributed by atoms with Crippen LogP contribution in [0.1, 0.15) is 0 Å². The summed E-state index contributed by atoms with van der Waals surface area (Å²) in [7, 11) is 3.06. The molecule has 0 atom stereocenters. The van der Waals surface area contributed by atoms with Crippen molar-refractivity contribution in [2.75, 3.05) is 19.1 Å². The van der Waals surface area contributed by atoms with E-state index in [4.69, 9.17) is 14.5 Å². The lowest BCUT2D eigenvalue weighted by atomic mass is 9.98. The molecule has 212 valence electrons. The van der Waals surface area contributed by atoms with Gasteiger partial charge >= 0.3 is 0 Å². The van der Waals surface area contributed by atoms with Crippen molar-refractivity contribution >= 4 is 17.1 Å². The third kappa shape index (κ3) is 5.81. The van der Waals surface area contributed by atoms with Gasteiger partial charge in [-0.25, -0.2) is 13.8 Å². The van der Waals surface area contributed by atoms with Crippen molar-refractivity contribution in [1.29, 1.82) is 0 Å². The molecule has 1 heterocycles. The molecular weight excluding hydrogens is 542 g/mol. The van der Waals surface area contributed by atoms with Gasteiger partial charge in [0.2, 0.25) is 0 Å². The normalized spacial score (nSPS) is 10.8. The zero-order valence-corrected chi connectivity index (χ0v) is 23.7. The average Bonchev–Trinajstić information content (AvgIpc) is 3.06. The molecule has 0 saturated carbocycles. The first-order valence-corrected chi connectivity index (χ1v) is 13.7. The van der Waals surface area contributed by atoms with Crippen LogP contribution in [0.2, 0.25) is 0 Å². The predicted molar refractivity (Wildman–Crippen MR) is 168 cm³/mol. The van der Waals surface area contributed by atoms with Crippen LogP contribution in [0.4, 0.5) is 25.8 Å². The molecule has 0 aliphatic carbocycles. The van der Waals surface area contributed by atoms with Crippen molar-refractivity contribution in [3.8, 4) is 45.1 Å². The van der Waals surface area contributed by atoms with E-state index in [1.165, 1.54) is 38.5 Å². The molecule has 4 nitrogen and oxygen atoms in total. The minimum absolute atomic E-state index is 0.417. The first-order valence-electron chi connectivity index (χ1n) is 13.7. The lowest BCUT2D eigenvalue weighted by molar-refractivity contribution is 0.415. The molecule has 0 N–H and O–H groups in total. The molecule has 0 aliphatic heterocycles. The topological polar surface area (TPSA) is 34.6 Å². The van der Waals surface area contributed by atoms with Crippen molar-refractivity contribution in [1.82, 2.24) is 4.98 Å². The summed E-state index contributed by atoms with van der Waals surface area (Å²) in [6.45, 7) is 0. The molecule has 0 aliphatic rings. The Labute approximate surface area is 249 Å². The number of anilines is 3. The van der Waals surface area contributed by atoms with E-state index < -0.39 is 11.6 Å². The molecule has 0 radical (unpaired) electrons. The van der Waals surface area contributed by atoms with Gasteiger partial charge in [0.15, 0.2) is 0 Å². The summed E-state index contributed by atoms with van der Waals surface area (Å²) in [5.41, 5.74) is 6.69. The van der Waals surface area contributed by atoms with Gasteiger partial charge in [0.1, 0.15) is 23.1 Å². The second kappa shape index (κ2) is 12.2. The van der Waals surface area contributed by atoms with Crippen LogP contribution in [0.15, 0.2) is 133 Å². The first-order chi connectivity index (χ1) is 21.0. The number of nitrogens with zero attached hydrogens (tertiary/aromatic N) is 2. The van der Waals surface area contributed by atoms with Crippen LogP contribution < -0.4 is 14.4 Å². The molecule has 0 amide bonds. The monoisotopic (exact) mass is 570 g/mol. The van der Waals surface area contributed by atoms with E-state index in [1.54, 1.807) is 12.1 Å².